The first kappa shape index (κ1) is 18.4. The zero-order chi connectivity index (χ0) is 18.4. The van der Waals surface area contributed by atoms with Gasteiger partial charge in [0.15, 0.2) is 5.78 Å². The fraction of sp³-hybridized carbons (Fsp3) is 0.250. The van der Waals surface area contributed by atoms with E-state index in [4.69, 9.17) is 0 Å². The van der Waals surface area contributed by atoms with Crippen LogP contribution in [0.4, 0.5) is 5.69 Å². The number of hydrogen-bond acceptors (Lipinski definition) is 4. The van der Waals surface area contributed by atoms with E-state index in [1.807, 2.05) is 26.0 Å². The highest BCUT2D eigenvalue weighted by Gasteiger charge is 2.12. The topological polar surface area (TPSA) is 72.5 Å². The van der Waals surface area contributed by atoms with Crippen LogP contribution in [0.25, 0.3) is 0 Å². The summed E-state index contributed by atoms with van der Waals surface area (Å²) in [5, 5.41) is 2.75. The second-order valence-corrected chi connectivity index (χ2v) is 5.86. The lowest BCUT2D eigenvalue weighted by Crippen LogP contribution is -2.15. The van der Waals surface area contributed by atoms with Gasteiger partial charge in [-0.25, -0.2) is 4.79 Å². The highest BCUT2D eigenvalue weighted by atomic mass is 16.5. The van der Waals surface area contributed by atoms with Gasteiger partial charge in [-0.3, -0.25) is 9.59 Å². The molecule has 0 aromatic heterocycles. The third-order valence-corrected chi connectivity index (χ3v) is 3.89. The number of rotatable bonds is 6. The number of aryl methyl sites for hydroxylation is 2. The van der Waals surface area contributed by atoms with Gasteiger partial charge in [0.2, 0.25) is 5.91 Å². The first-order chi connectivity index (χ1) is 11.9. The van der Waals surface area contributed by atoms with Crippen molar-refractivity contribution in [1.29, 1.82) is 0 Å². The van der Waals surface area contributed by atoms with E-state index in [-0.39, 0.29) is 24.5 Å². The smallest absolute Gasteiger partial charge is 0.337 e. The van der Waals surface area contributed by atoms with Crippen molar-refractivity contribution in [2.24, 2.45) is 0 Å². The van der Waals surface area contributed by atoms with E-state index in [9.17, 15) is 14.4 Å². The molecule has 0 aliphatic heterocycles. The Hall–Kier alpha value is -2.95. The summed E-state index contributed by atoms with van der Waals surface area (Å²) in [4.78, 5) is 35.8. The molecule has 0 aliphatic carbocycles. The number of benzene rings is 2. The van der Waals surface area contributed by atoms with Crippen molar-refractivity contribution in [3.8, 4) is 0 Å². The third-order valence-electron chi connectivity index (χ3n) is 3.89. The molecule has 0 saturated carbocycles. The van der Waals surface area contributed by atoms with E-state index >= 15 is 0 Å². The molecule has 0 bridgehead atoms. The summed E-state index contributed by atoms with van der Waals surface area (Å²) in [6.45, 7) is 3.78. The number of ketones is 1. The molecule has 0 unspecified atom stereocenters. The lowest BCUT2D eigenvalue weighted by Gasteiger charge is -2.10. The Balaban J connectivity index is 1.97. The lowest BCUT2D eigenvalue weighted by molar-refractivity contribution is -0.116. The minimum Gasteiger partial charge on any atom is -0.465 e. The zero-order valence-corrected chi connectivity index (χ0v) is 14.6. The van der Waals surface area contributed by atoms with Crippen LogP contribution < -0.4 is 5.32 Å². The monoisotopic (exact) mass is 339 g/mol. The number of amides is 1. The molecule has 0 radical (unpaired) electrons. The number of esters is 1. The van der Waals surface area contributed by atoms with Crippen LogP contribution in [0, 0.1) is 13.8 Å². The van der Waals surface area contributed by atoms with Gasteiger partial charge in [-0.1, -0.05) is 35.9 Å². The largest absolute Gasteiger partial charge is 0.465 e. The molecule has 0 aliphatic rings. The summed E-state index contributed by atoms with van der Waals surface area (Å²) in [5.41, 5.74) is 3.40. The van der Waals surface area contributed by atoms with Crippen LogP contribution in [-0.2, 0) is 9.53 Å². The van der Waals surface area contributed by atoms with E-state index < -0.39 is 5.97 Å². The zero-order valence-electron chi connectivity index (χ0n) is 14.6. The first-order valence-corrected chi connectivity index (χ1v) is 7.99. The number of ether oxygens (including phenoxy) is 1. The van der Waals surface area contributed by atoms with Crippen LogP contribution in [0.1, 0.15) is 44.7 Å². The SMILES string of the molecule is COC(=O)c1ccc(C)c(NC(=O)CCC(=O)c2ccc(C)cc2)c1. The predicted molar refractivity (Wildman–Crippen MR) is 95.9 cm³/mol. The summed E-state index contributed by atoms with van der Waals surface area (Å²) in [6, 6.07) is 12.2. The molecule has 0 atom stereocenters. The minimum atomic E-state index is -0.468. The molecule has 25 heavy (non-hydrogen) atoms. The normalized spacial score (nSPS) is 10.2. The second-order valence-electron chi connectivity index (χ2n) is 5.86. The Morgan fingerprint density at radius 1 is 0.920 bits per heavy atom. The molecule has 0 spiro atoms. The molecule has 0 saturated heterocycles. The van der Waals surface area contributed by atoms with Gasteiger partial charge in [0.25, 0.3) is 0 Å². The summed E-state index contributed by atoms with van der Waals surface area (Å²) in [7, 11) is 1.30. The minimum absolute atomic E-state index is 0.0739. The van der Waals surface area contributed by atoms with E-state index in [1.54, 1.807) is 30.3 Å². The Kier molecular flexibility index (Phi) is 6.06. The van der Waals surface area contributed by atoms with Crippen LogP contribution >= 0.6 is 0 Å². The van der Waals surface area contributed by atoms with Crippen molar-refractivity contribution < 1.29 is 19.1 Å². The number of carbonyl (C=O) groups is 3. The summed E-state index contributed by atoms with van der Waals surface area (Å²) in [5.74, 6) is -0.814. The van der Waals surface area contributed by atoms with Gasteiger partial charge in [-0.05, 0) is 31.5 Å². The van der Waals surface area contributed by atoms with Crippen molar-refractivity contribution in [2.75, 3.05) is 12.4 Å². The highest BCUT2D eigenvalue weighted by molar-refractivity contribution is 6.00. The van der Waals surface area contributed by atoms with Crippen LogP contribution in [0.15, 0.2) is 42.5 Å². The predicted octanol–water partition coefficient (Wildman–Crippen LogP) is 3.69. The molecule has 0 heterocycles. The number of nitrogens with one attached hydrogen (secondary N) is 1. The van der Waals surface area contributed by atoms with Crippen molar-refractivity contribution in [3.63, 3.8) is 0 Å². The number of carbonyl (C=O) groups excluding carboxylic acids is 3. The maximum absolute atomic E-state index is 12.1. The number of Topliss-reactive ketones (excluding diaryl/α,β-unsaturated/α-hetero) is 1. The Morgan fingerprint density at radius 3 is 2.20 bits per heavy atom. The van der Waals surface area contributed by atoms with E-state index in [1.165, 1.54) is 7.11 Å². The van der Waals surface area contributed by atoms with Gasteiger partial charge in [-0.15, -0.1) is 0 Å². The highest BCUT2D eigenvalue weighted by Crippen LogP contribution is 2.18. The number of hydrogen-bond donors (Lipinski definition) is 1. The van der Waals surface area contributed by atoms with Crippen molar-refractivity contribution in [1.82, 2.24) is 0 Å². The van der Waals surface area contributed by atoms with Crippen LogP contribution in [0.3, 0.4) is 0 Å². The average molecular weight is 339 g/mol. The Morgan fingerprint density at radius 2 is 1.56 bits per heavy atom. The molecule has 1 N–H and O–H groups in total. The molecule has 2 rings (SSSR count). The van der Waals surface area contributed by atoms with Crippen molar-refractivity contribution >= 4 is 23.3 Å². The quantitative estimate of drug-likeness (QED) is 0.643. The van der Waals surface area contributed by atoms with Gasteiger partial charge in [-0.2, -0.15) is 0 Å². The van der Waals surface area contributed by atoms with E-state index in [2.05, 4.69) is 10.1 Å². The molecule has 2 aromatic rings. The third kappa shape index (κ3) is 5.01. The van der Waals surface area contributed by atoms with Crippen LogP contribution in [-0.4, -0.2) is 24.8 Å². The molecule has 2 aromatic carbocycles. The Bertz CT molecular complexity index is 794. The Labute approximate surface area is 147 Å². The van der Waals surface area contributed by atoms with E-state index in [0.717, 1.165) is 11.1 Å². The molecular formula is C20H21NO4. The molecule has 5 heteroatoms. The fourth-order valence-corrected chi connectivity index (χ4v) is 2.33. The van der Waals surface area contributed by atoms with Gasteiger partial charge in [0.1, 0.15) is 0 Å². The fourth-order valence-electron chi connectivity index (χ4n) is 2.33. The molecular weight excluding hydrogens is 318 g/mol. The molecule has 1 amide bonds. The molecule has 130 valence electrons. The number of methoxy groups -OCH3 is 1. The maximum atomic E-state index is 12.1. The summed E-state index contributed by atoms with van der Waals surface area (Å²) in [6.07, 6.45) is 0.208. The summed E-state index contributed by atoms with van der Waals surface area (Å²) >= 11 is 0. The average Bonchev–Trinajstić information content (AvgIpc) is 2.61. The summed E-state index contributed by atoms with van der Waals surface area (Å²) < 4.78 is 4.68. The maximum Gasteiger partial charge on any atom is 0.337 e. The van der Waals surface area contributed by atoms with Gasteiger partial charge in [0, 0.05) is 24.1 Å². The van der Waals surface area contributed by atoms with Crippen LogP contribution in [0.5, 0.6) is 0 Å². The standard InChI is InChI=1S/C20H21NO4/c1-13-4-7-15(8-5-13)18(22)10-11-19(23)21-17-12-16(20(24)25-3)9-6-14(17)2/h4-9,12H,10-11H2,1-3H3,(H,21,23). The van der Waals surface area contributed by atoms with Gasteiger partial charge in [0.05, 0.1) is 12.7 Å². The first-order valence-electron chi connectivity index (χ1n) is 7.99. The van der Waals surface area contributed by atoms with E-state index in [0.29, 0.717) is 16.8 Å². The van der Waals surface area contributed by atoms with Crippen LogP contribution in [0.2, 0.25) is 0 Å². The van der Waals surface area contributed by atoms with Gasteiger partial charge < -0.3 is 10.1 Å². The molecule has 0 fully saturated rings. The second kappa shape index (κ2) is 8.24. The lowest BCUT2D eigenvalue weighted by atomic mass is 10.0. The van der Waals surface area contributed by atoms with Gasteiger partial charge >= 0.3 is 5.97 Å². The van der Waals surface area contributed by atoms with Crippen molar-refractivity contribution in [2.45, 2.75) is 26.7 Å². The molecule has 5 nitrogen and oxygen atoms in total. The number of anilines is 1. The van der Waals surface area contributed by atoms with Crippen molar-refractivity contribution in [3.05, 3.63) is 64.7 Å².